The van der Waals surface area contributed by atoms with Gasteiger partial charge in [-0.1, -0.05) is 13.8 Å². The highest BCUT2D eigenvalue weighted by molar-refractivity contribution is 5.49. The number of ether oxygens (including phenoxy) is 2. The van der Waals surface area contributed by atoms with Crippen LogP contribution in [-0.2, 0) is 6.42 Å². The van der Waals surface area contributed by atoms with Crippen molar-refractivity contribution in [3.05, 3.63) is 23.3 Å². The lowest BCUT2D eigenvalue weighted by molar-refractivity contribution is -0.0191. The van der Waals surface area contributed by atoms with E-state index in [-0.39, 0.29) is 5.92 Å². The van der Waals surface area contributed by atoms with Crippen LogP contribution in [0.1, 0.15) is 45.2 Å². The molecule has 0 radical (unpaired) electrons. The van der Waals surface area contributed by atoms with Gasteiger partial charge in [-0.05, 0) is 54.4 Å². The average molecular weight is 320 g/mol. The van der Waals surface area contributed by atoms with Crippen LogP contribution in [0.25, 0.3) is 0 Å². The van der Waals surface area contributed by atoms with Crippen LogP contribution in [0.3, 0.4) is 0 Å². The summed E-state index contributed by atoms with van der Waals surface area (Å²) in [6, 6.07) is 3.05. The lowest BCUT2D eigenvalue weighted by Gasteiger charge is -2.46. The third kappa shape index (κ3) is 3.20. The molecule has 4 heteroatoms. The zero-order valence-corrected chi connectivity index (χ0v) is 14.6. The Morgan fingerprint density at radius 1 is 1.30 bits per heavy atom. The Kier molecular flexibility index (Phi) is 4.45. The fourth-order valence-corrected chi connectivity index (χ4v) is 4.00. The first kappa shape index (κ1) is 15.3. The molecule has 0 spiro atoms. The van der Waals surface area contributed by atoms with Crippen molar-refractivity contribution in [1.82, 2.24) is 4.90 Å². The Balaban J connectivity index is 1.96. The smallest absolute Gasteiger partial charge is 0.161 e. The minimum atomic E-state index is -0.875. The molecule has 0 amide bonds. The summed E-state index contributed by atoms with van der Waals surface area (Å²) in [5.74, 6) is 2.18. The molecule has 0 bridgehead atoms. The predicted octanol–water partition coefficient (Wildman–Crippen LogP) is 3.03. The molecule has 1 saturated heterocycles. The van der Waals surface area contributed by atoms with E-state index in [0.717, 1.165) is 37.1 Å². The highest BCUT2D eigenvalue weighted by Gasteiger charge is 2.38. The topological polar surface area (TPSA) is 41.9 Å². The number of benzene rings is 1. The summed E-state index contributed by atoms with van der Waals surface area (Å²) in [5.41, 5.74) is 2.09. The fourth-order valence-electron chi connectivity index (χ4n) is 4.00. The molecule has 1 N–H and O–H groups in total. The maximum Gasteiger partial charge on any atom is 0.161 e. The lowest BCUT2D eigenvalue weighted by Crippen LogP contribution is -2.48. The summed E-state index contributed by atoms with van der Waals surface area (Å²) in [7, 11) is 3.26. The van der Waals surface area contributed by atoms with E-state index in [9.17, 15) is 5.11 Å². The van der Waals surface area contributed by atoms with E-state index in [1.807, 2.05) is 12.1 Å². The Bertz CT molecular complexity index is 607. The Labute approximate surface area is 140 Å². The number of hydrogen-bond donors (Lipinski definition) is 1. The van der Waals surface area contributed by atoms with E-state index in [0.29, 0.717) is 23.8 Å². The minimum absolute atomic E-state index is 0.255. The van der Waals surface area contributed by atoms with Crippen molar-refractivity contribution in [3.8, 4) is 11.5 Å². The van der Waals surface area contributed by atoms with Crippen LogP contribution < -0.4 is 9.47 Å². The molecule has 2 heterocycles. The largest absolute Gasteiger partial charge is 0.493 e. The van der Waals surface area contributed by atoms with Crippen LogP contribution in [0.4, 0.5) is 0 Å². The van der Waals surface area contributed by atoms with Crippen LogP contribution >= 0.6 is 0 Å². The molecule has 1 aromatic carbocycles. The summed E-state index contributed by atoms with van der Waals surface area (Å²) >= 11 is 0. The first-order valence-electron chi connectivity index (χ1n) is 9.07. The number of aliphatic hydroxyl groups excluding tert-OH is 1. The summed E-state index contributed by atoms with van der Waals surface area (Å²) in [4.78, 5) is 2.24. The van der Waals surface area contributed by atoms with Crippen molar-refractivity contribution in [2.45, 2.75) is 45.2 Å². The average Bonchev–Trinajstić information content (AvgIpc) is 2.54. The van der Waals surface area contributed by atoms with Gasteiger partial charge in [0.25, 0.3) is 0 Å². The normalized spacial score (nSPS) is 31.3. The van der Waals surface area contributed by atoms with Gasteiger partial charge in [0.2, 0.25) is 0 Å². The van der Waals surface area contributed by atoms with Crippen molar-refractivity contribution in [2.75, 3.05) is 27.3 Å². The van der Waals surface area contributed by atoms with Gasteiger partial charge in [-0.3, -0.25) is 4.90 Å². The van der Waals surface area contributed by atoms with Gasteiger partial charge in [-0.2, -0.15) is 0 Å². The zero-order valence-electron chi connectivity index (χ0n) is 15.6. The first-order valence-corrected chi connectivity index (χ1v) is 8.57. The van der Waals surface area contributed by atoms with E-state index >= 15 is 0 Å². The van der Waals surface area contributed by atoms with E-state index in [2.05, 4.69) is 18.7 Å². The van der Waals surface area contributed by atoms with Crippen LogP contribution in [0.2, 0.25) is 0 Å². The van der Waals surface area contributed by atoms with Crippen molar-refractivity contribution < 1.29 is 16.0 Å². The molecule has 3 unspecified atom stereocenters. The quantitative estimate of drug-likeness (QED) is 0.926. The second-order valence-electron chi connectivity index (χ2n) is 7.17. The number of aliphatic hydroxyl groups is 1. The molecule has 0 aliphatic carbocycles. The maximum atomic E-state index is 10.7. The number of rotatable bonds is 4. The third-order valence-corrected chi connectivity index (χ3v) is 5.13. The predicted molar refractivity (Wildman–Crippen MR) is 91.1 cm³/mol. The zero-order chi connectivity index (χ0) is 17.5. The SMILES string of the molecule is [2H]C12CC(O)C(CC(C)C)CN1CCc1cc(OC)c(OC)cc12. The molecule has 128 valence electrons. The second kappa shape index (κ2) is 6.70. The Morgan fingerprint density at radius 2 is 2.00 bits per heavy atom. The van der Waals surface area contributed by atoms with Crippen molar-refractivity contribution in [3.63, 3.8) is 0 Å². The van der Waals surface area contributed by atoms with E-state index in [4.69, 9.17) is 10.8 Å². The third-order valence-electron chi connectivity index (χ3n) is 5.13. The first-order chi connectivity index (χ1) is 11.4. The van der Waals surface area contributed by atoms with Crippen molar-refractivity contribution >= 4 is 0 Å². The van der Waals surface area contributed by atoms with Gasteiger partial charge in [-0.25, -0.2) is 0 Å². The monoisotopic (exact) mass is 320 g/mol. The van der Waals surface area contributed by atoms with Crippen LogP contribution in [0.15, 0.2) is 12.1 Å². The van der Waals surface area contributed by atoms with Crippen molar-refractivity contribution in [1.29, 1.82) is 0 Å². The molecule has 0 saturated carbocycles. The Hall–Kier alpha value is -1.26. The molecular weight excluding hydrogens is 290 g/mol. The highest BCUT2D eigenvalue weighted by Crippen LogP contribution is 2.43. The molecule has 3 rings (SSSR count). The van der Waals surface area contributed by atoms with Gasteiger partial charge in [0, 0.05) is 19.1 Å². The van der Waals surface area contributed by atoms with Gasteiger partial charge >= 0.3 is 0 Å². The highest BCUT2D eigenvalue weighted by atomic mass is 16.5. The standard InChI is InChI=1S/C19H29NO3/c1-12(2)7-14-11-20-6-5-13-8-18(22-3)19(23-4)9-15(13)16(20)10-17(14)21/h8-9,12,14,16-17,21H,5-7,10-11H2,1-4H3/i16D. The van der Waals surface area contributed by atoms with E-state index in [1.165, 1.54) is 0 Å². The van der Waals surface area contributed by atoms with Gasteiger partial charge in [0.15, 0.2) is 11.5 Å². The summed E-state index contributed by atoms with van der Waals surface area (Å²) in [5, 5.41) is 10.7. The van der Waals surface area contributed by atoms with E-state index in [1.54, 1.807) is 14.2 Å². The molecule has 4 nitrogen and oxygen atoms in total. The van der Waals surface area contributed by atoms with Crippen molar-refractivity contribution in [2.24, 2.45) is 11.8 Å². The van der Waals surface area contributed by atoms with E-state index < -0.39 is 12.1 Å². The molecule has 1 aromatic rings. The second-order valence-corrected chi connectivity index (χ2v) is 7.17. The van der Waals surface area contributed by atoms with Gasteiger partial charge < -0.3 is 14.6 Å². The minimum Gasteiger partial charge on any atom is -0.493 e. The van der Waals surface area contributed by atoms with Crippen LogP contribution in [0.5, 0.6) is 11.5 Å². The van der Waals surface area contributed by atoms with Gasteiger partial charge in [0.1, 0.15) is 0 Å². The molecule has 3 atom stereocenters. The van der Waals surface area contributed by atoms with Gasteiger partial charge in [0.05, 0.1) is 21.7 Å². The summed E-state index contributed by atoms with van der Waals surface area (Å²) in [6.07, 6.45) is 1.93. The number of hydrogen-bond acceptors (Lipinski definition) is 4. The number of methoxy groups -OCH3 is 2. The maximum absolute atomic E-state index is 10.7. The van der Waals surface area contributed by atoms with Gasteiger partial charge in [-0.15, -0.1) is 0 Å². The number of nitrogens with zero attached hydrogens (tertiary/aromatic N) is 1. The Morgan fingerprint density at radius 3 is 2.65 bits per heavy atom. The molecular formula is C19H29NO3. The molecule has 1 fully saturated rings. The van der Waals surface area contributed by atoms with Crippen LogP contribution in [-0.4, -0.2) is 43.4 Å². The molecule has 2 aliphatic heterocycles. The summed E-state index contributed by atoms with van der Waals surface area (Å²) in [6.45, 7) is 6.03. The molecule has 23 heavy (non-hydrogen) atoms. The molecule has 0 aromatic heterocycles. The number of fused-ring (bicyclic) bond motifs is 3. The fraction of sp³-hybridized carbons (Fsp3) is 0.684. The summed E-state index contributed by atoms with van der Waals surface area (Å²) < 4.78 is 20.0. The lowest BCUT2D eigenvalue weighted by atomic mass is 9.79. The number of piperidine rings is 1. The van der Waals surface area contributed by atoms with Crippen LogP contribution in [0, 0.1) is 11.8 Å². The molecule has 2 aliphatic rings.